The summed E-state index contributed by atoms with van der Waals surface area (Å²) >= 11 is 0. The van der Waals surface area contributed by atoms with Gasteiger partial charge in [0.1, 0.15) is 6.54 Å². The number of hydrogen-bond acceptors (Lipinski definition) is 3. The minimum absolute atomic E-state index is 0.0232. The predicted octanol–water partition coefficient (Wildman–Crippen LogP) is 0.909. The van der Waals surface area contributed by atoms with Gasteiger partial charge >= 0.3 is 11.7 Å². The van der Waals surface area contributed by atoms with E-state index in [-0.39, 0.29) is 24.1 Å². The highest BCUT2D eigenvalue weighted by Crippen LogP contribution is 2.24. The van der Waals surface area contributed by atoms with E-state index in [1.54, 1.807) is 11.9 Å². The summed E-state index contributed by atoms with van der Waals surface area (Å²) in [5, 5.41) is 9.17. The van der Waals surface area contributed by atoms with E-state index >= 15 is 0 Å². The number of carbonyl (C=O) groups is 2. The summed E-state index contributed by atoms with van der Waals surface area (Å²) in [4.78, 5) is 37.8. The van der Waals surface area contributed by atoms with Crippen molar-refractivity contribution in [2.45, 2.75) is 19.9 Å². The van der Waals surface area contributed by atoms with Gasteiger partial charge in [0.15, 0.2) is 0 Å². The van der Waals surface area contributed by atoms with E-state index in [0.717, 1.165) is 11.0 Å². The number of nitrogens with zero attached hydrogens (tertiary/aromatic N) is 3. The number of imidazole rings is 1. The Morgan fingerprint density at radius 2 is 1.92 bits per heavy atom. The Morgan fingerprint density at radius 1 is 1.25 bits per heavy atom. The van der Waals surface area contributed by atoms with Crippen LogP contribution >= 0.6 is 0 Å². The molecule has 7 heteroatoms. The summed E-state index contributed by atoms with van der Waals surface area (Å²) < 4.78 is 3.01. The quantitative estimate of drug-likeness (QED) is 0.906. The number of aromatic nitrogens is 2. The Labute approximate surface area is 139 Å². The summed E-state index contributed by atoms with van der Waals surface area (Å²) in [5.74, 6) is -1.46. The van der Waals surface area contributed by atoms with Crippen LogP contribution in [0.1, 0.15) is 13.3 Å². The number of aryl methyl sites for hydroxylation is 1. The van der Waals surface area contributed by atoms with E-state index in [1.807, 2.05) is 31.2 Å². The van der Waals surface area contributed by atoms with E-state index < -0.39 is 11.9 Å². The van der Waals surface area contributed by atoms with E-state index in [1.165, 1.54) is 9.13 Å². The number of benzene rings is 1. The maximum atomic E-state index is 12.6. The fourth-order valence-electron chi connectivity index (χ4n) is 3.49. The lowest BCUT2D eigenvalue weighted by molar-refractivity contribution is -0.148. The predicted molar refractivity (Wildman–Crippen MR) is 88.7 cm³/mol. The van der Waals surface area contributed by atoms with Crippen molar-refractivity contribution in [3.63, 3.8) is 0 Å². The molecule has 2 heterocycles. The van der Waals surface area contributed by atoms with Crippen LogP contribution in [0.3, 0.4) is 0 Å². The smallest absolute Gasteiger partial charge is 0.329 e. The number of hydrogen-bond donors (Lipinski definition) is 1. The summed E-state index contributed by atoms with van der Waals surface area (Å²) in [6, 6.07) is 7.36. The molecule has 1 aliphatic heterocycles. The van der Waals surface area contributed by atoms with Crippen molar-refractivity contribution in [2.24, 2.45) is 18.9 Å². The van der Waals surface area contributed by atoms with Gasteiger partial charge in [0, 0.05) is 20.1 Å². The lowest BCUT2D eigenvalue weighted by Gasteiger charge is -2.35. The average Bonchev–Trinajstić information content (AvgIpc) is 2.80. The van der Waals surface area contributed by atoms with Gasteiger partial charge in [-0.3, -0.25) is 18.7 Å². The second-order valence-electron chi connectivity index (χ2n) is 6.47. The highest BCUT2D eigenvalue weighted by Gasteiger charge is 2.33. The first-order valence-corrected chi connectivity index (χ1v) is 8.05. The Kier molecular flexibility index (Phi) is 4.17. The van der Waals surface area contributed by atoms with E-state index in [4.69, 9.17) is 0 Å². The fourth-order valence-corrected chi connectivity index (χ4v) is 3.49. The molecule has 0 radical (unpaired) electrons. The zero-order valence-electron chi connectivity index (χ0n) is 13.8. The lowest BCUT2D eigenvalue weighted by Crippen LogP contribution is -2.46. The molecule has 1 fully saturated rings. The third-order valence-electron chi connectivity index (χ3n) is 4.92. The number of carboxylic acids is 1. The summed E-state index contributed by atoms with van der Waals surface area (Å²) in [6.45, 7) is 2.65. The first-order valence-electron chi connectivity index (χ1n) is 8.05. The molecule has 24 heavy (non-hydrogen) atoms. The zero-order chi connectivity index (χ0) is 17.4. The molecule has 1 amide bonds. The summed E-state index contributed by atoms with van der Waals surface area (Å²) in [5.41, 5.74) is 1.29. The number of para-hydroxylation sites is 2. The molecule has 0 spiro atoms. The normalized spacial score (nSPS) is 21.2. The molecule has 1 aromatic carbocycles. The van der Waals surface area contributed by atoms with Crippen LogP contribution in [-0.2, 0) is 23.2 Å². The van der Waals surface area contributed by atoms with Crippen LogP contribution in [0.25, 0.3) is 11.0 Å². The minimum Gasteiger partial charge on any atom is -0.481 e. The van der Waals surface area contributed by atoms with Crippen molar-refractivity contribution in [3.05, 3.63) is 34.7 Å². The number of fused-ring (bicyclic) bond motifs is 1. The van der Waals surface area contributed by atoms with Gasteiger partial charge in [-0.05, 0) is 24.5 Å². The first-order chi connectivity index (χ1) is 11.4. The molecule has 7 nitrogen and oxygen atoms in total. The molecular formula is C17H21N3O4. The molecule has 0 aliphatic carbocycles. The SMILES string of the molecule is CC1CN(C(=O)Cn2c(=O)n(C)c3ccccc32)CCC1C(=O)O. The van der Waals surface area contributed by atoms with Crippen LogP contribution in [0.15, 0.2) is 29.1 Å². The Bertz CT molecular complexity index is 851. The lowest BCUT2D eigenvalue weighted by atomic mass is 9.87. The maximum absolute atomic E-state index is 12.6. The van der Waals surface area contributed by atoms with Gasteiger partial charge < -0.3 is 10.0 Å². The Hall–Kier alpha value is -2.57. The monoisotopic (exact) mass is 331 g/mol. The third-order valence-corrected chi connectivity index (χ3v) is 4.92. The maximum Gasteiger partial charge on any atom is 0.329 e. The number of carbonyl (C=O) groups excluding carboxylic acids is 1. The van der Waals surface area contributed by atoms with Crippen LogP contribution < -0.4 is 5.69 Å². The largest absolute Gasteiger partial charge is 0.481 e. The molecule has 128 valence electrons. The minimum atomic E-state index is -0.806. The van der Waals surface area contributed by atoms with E-state index in [2.05, 4.69) is 0 Å². The molecule has 3 rings (SSSR count). The topological polar surface area (TPSA) is 84.5 Å². The van der Waals surface area contributed by atoms with E-state index in [0.29, 0.717) is 19.5 Å². The summed E-state index contributed by atoms with van der Waals surface area (Å²) in [7, 11) is 1.69. The highest BCUT2D eigenvalue weighted by molar-refractivity contribution is 5.81. The number of carboxylic acid groups (broad SMARTS) is 1. The van der Waals surface area contributed by atoms with Crippen LogP contribution in [0.4, 0.5) is 0 Å². The van der Waals surface area contributed by atoms with Crippen LogP contribution in [0, 0.1) is 11.8 Å². The molecule has 2 aromatic rings. The first kappa shape index (κ1) is 16.3. The zero-order valence-corrected chi connectivity index (χ0v) is 13.8. The molecule has 1 saturated heterocycles. The number of amides is 1. The Morgan fingerprint density at radius 3 is 2.54 bits per heavy atom. The molecule has 1 N–H and O–H groups in total. The number of aliphatic carboxylic acids is 1. The Balaban J connectivity index is 1.80. The van der Waals surface area contributed by atoms with Crippen LogP contribution in [-0.4, -0.2) is 44.1 Å². The van der Waals surface area contributed by atoms with Crippen molar-refractivity contribution in [2.75, 3.05) is 13.1 Å². The second kappa shape index (κ2) is 6.14. The molecule has 1 aliphatic rings. The summed E-state index contributed by atoms with van der Waals surface area (Å²) in [6.07, 6.45) is 0.451. The highest BCUT2D eigenvalue weighted by atomic mass is 16.4. The van der Waals surface area contributed by atoms with Gasteiger partial charge in [0.2, 0.25) is 5.91 Å². The second-order valence-corrected chi connectivity index (χ2v) is 6.47. The van der Waals surface area contributed by atoms with Gasteiger partial charge in [-0.2, -0.15) is 0 Å². The van der Waals surface area contributed by atoms with Crippen LogP contribution in [0.5, 0.6) is 0 Å². The van der Waals surface area contributed by atoms with Gasteiger partial charge in [-0.25, -0.2) is 4.79 Å². The van der Waals surface area contributed by atoms with Crippen molar-refractivity contribution >= 4 is 22.9 Å². The van der Waals surface area contributed by atoms with E-state index in [9.17, 15) is 19.5 Å². The standard InChI is InChI=1S/C17H21N3O4/c1-11-9-19(8-7-12(11)16(22)23)15(21)10-20-14-6-4-3-5-13(14)18(2)17(20)24/h3-6,11-12H,7-10H2,1-2H3,(H,22,23). The molecule has 0 saturated carbocycles. The fraction of sp³-hybridized carbons (Fsp3) is 0.471. The molecule has 2 unspecified atom stereocenters. The number of rotatable bonds is 3. The van der Waals surface area contributed by atoms with Gasteiger partial charge in [0.25, 0.3) is 0 Å². The van der Waals surface area contributed by atoms with Gasteiger partial charge in [0.05, 0.1) is 17.0 Å². The average molecular weight is 331 g/mol. The van der Waals surface area contributed by atoms with Crippen molar-refractivity contribution < 1.29 is 14.7 Å². The third kappa shape index (κ3) is 2.70. The number of piperidine rings is 1. The van der Waals surface area contributed by atoms with Gasteiger partial charge in [-0.1, -0.05) is 19.1 Å². The van der Waals surface area contributed by atoms with Crippen molar-refractivity contribution in [1.82, 2.24) is 14.0 Å². The molecular weight excluding hydrogens is 310 g/mol. The molecule has 0 bridgehead atoms. The van der Waals surface area contributed by atoms with Gasteiger partial charge in [-0.15, -0.1) is 0 Å². The molecule has 1 aromatic heterocycles. The van der Waals surface area contributed by atoms with Crippen molar-refractivity contribution in [1.29, 1.82) is 0 Å². The number of likely N-dealkylation sites (tertiary alicyclic amines) is 1. The van der Waals surface area contributed by atoms with Crippen LogP contribution in [0.2, 0.25) is 0 Å². The van der Waals surface area contributed by atoms with Crippen molar-refractivity contribution in [3.8, 4) is 0 Å². The molecule has 2 atom stereocenters.